The average Bonchev–Trinajstić information content (AvgIpc) is 2.82. The summed E-state index contributed by atoms with van der Waals surface area (Å²) in [5.41, 5.74) is 0. The molecule has 3 N–H and O–H groups in total. The number of aliphatic hydroxyl groups is 1. The summed E-state index contributed by atoms with van der Waals surface area (Å²) in [6.45, 7) is 4.49. The first kappa shape index (κ1) is 46.6. The van der Waals surface area contributed by atoms with Gasteiger partial charge in [0.15, 0.2) is 0 Å². The largest absolute Gasteiger partial charge is 0.412 e. The van der Waals surface area contributed by atoms with Crippen LogP contribution in [0.15, 0.2) is 0 Å². The zero-order valence-electron chi connectivity index (χ0n) is 7.53. The zero-order chi connectivity index (χ0) is 9.70. The Hall–Kier alpha value is -0.350. The second kappa shape index (κ2) is 68.4. The minimum Gasteiger partial charge on any atom is -0.412 e. The summed E-state index contributed by atoms with van der Waals surface area (Å²) in [7, 11) is 2.72. The fourth-order valence-corrected chi connectivity index (χ4v) is 0.0962. The number of hydrogen-bond donors (Lipinski definition) is 1. The van der Waals surface area contributed by atoms with E-state index >= 15 is 0 Å². The van der Waals surface area contributed by atoms with E-state index in [1.54, 1.807) is 9.12 Å². The maximum Gasteiger partial charge on any atom is 0.138 e. The molecule has 100 valence electrons. The van der Waals surface area contributed by atoms with Crippen LogP contribution < -0.4 is 0 Å². The molecule has 1 rings (SSSR count). The molecule has 1 atom stereocenters. The van der Waals surface area contributed by atoms with Crippen molar-refractivity contribution in [3.63, 3.8) is 0 Å². The van der Waals surface area contributed by atoms with Gasteiger partial charge in [-0.3, -0.25) is 4.57 Å². The molecule has 0 saturated carbocycles. The van der Waals surface area contributed by atoms with Crippen molar-refractivity contribution in [2.75, 3.05) is 13.7 Å². The number of rotatable bonds is 0. The molecule has 0 aromatic carbocycles. The SMILES string of the molecule is C.C.C.CC1CO1.CC=O.CO.O.O=P. The zero-order valence-corrected chi connectivity index (χ0v) is 8.53. The van der Waals surface area contributed by atoms with Crippen molar-refractivity contribution in [3.05, 3.63) is 0 Å². The minimum atomic E-state index is 0. The van der Waals surface area contributed by atoms with Crippen molar-refractivity contribution in [3.8, 4) is 0 Å². The van der Waals surface area contributed by atoms with E-state index in [1.165, 1.54) is 6.92 Å². The van der Waals surface area contributed by atoms with E-state index in [0.29, 0.717) is 6.10 Å². The standard InChI is InChI=1S/C3H6O.C2H4O.CH4O.3CH4.HOP.H2O/c1-3-2-4-3;1-2-3;1-2;;;;1-2;/h3H,2H2,1H3;2H,1H3;2H,1H3;3*1H4;2H;1H2. The topological polar surface area (TPSA) is 98.4 Å². The molecule has 0 radical (unpaired) electrons. The molecule has 0 bridgehead atoms. The highest BCUT2D eigenvalue weighted by Gasteiger charge is 2.13. The van der Waals surface area contributed by atoms with Crippen LogP contribution in [0.4, 0.5) is 0 Å². The summed E-state index contributed by atoms with van der Waals surface area (Å²) in [6.07, 6.45) is 1.33. The summed E-state index contributed by atoms with van der Waals surface area (Å²) in [6, 6.07) is 0. The fourth-order valence-electron chi connectivity index (χ4n) is 0.0962. The monoisotopic (exact) mass is 248 g/mol. The Morgan fingerprint density at radius 3 is 1.33 bits per heavy atom. The first-order valence-electron chi connectivity index (χ1n) is 2.97. The predicted octanol–water partition coefficient (Wildman–Crippen LogP) is 1.78. The molecule has 5 nitrogen and oxygen atoms in total. The summed E-state index contributed by atoms with van der Waals surface area (Å²) < 4.78 is 12.8. The lowest BCUT2D eigenvalue weighted by molar-refractivity contribution is -0.106. The van der Waals surface area contributed by atoms with Gasteiger partial charge in [-0.1, -0.05) is 22.3 Å². The summed E-state index contributed by atoms with van der Waals surface area (Å²) in [4.78, 5) is 8.81. The van der Waals surface area contributed by atoms with Gasteiger partial charge in [-0.05, 0) is 13.8 Å². The lowest BCUT2D eigenvalue weighted by atomic mass is 10.6. The molecular formula is C9H29O5P. The Morgan fingerprint density at radius 1 is 1.27 bits per heavy atom. The Morgan fingerprint density at radius 2 is 1.33 bits per heavy atom. The highest BCUT2D eigenvalue weighted by atomic mass is 31.0. The molecule has 0 spiro atoms. The van der Waals surface area contributed by atoms with Gasteiger partial charge < -0.3 is 20.1 Å². The molecule has 1 unspecified atom stereocenters. The Bertz CT molecular complexity index is 69.5. The van der Waals surface area contributed by atoms with E-state index in [1.807, 2.05) is 0 Å². The lowest BCUT2D eigenvalue weighted by Gasteiger charge is -1.50. The molecule has 1 fully saturated rings. The molecule has 1 heterocycles. The normalized spacial score (nSPS) is 12.1. The quantitative estimate of drug-likeness (QED) is 0.401. The molecule has 0 aromatic heterocycles. The first-order chi connectivity index (χ1) is 5.31. The molecule has 6 heteroatoms. The molecule has 1 saturated heterocycles. The fraction of sp³-hybridized carbons (Fsp3) is 0.889. The van der Waals surface area contributed by atoms with Crippen LogP contribution in [-0.4, -0.2) is 36.7 Å². The molecule has 1 aliphatic rings. The van der Waals surface area contributed by atoms with Crippen LogP contribution in [-0.2, 0) is 14.1 Å². The molecule has 1 aliphatic heterocycles. The van der Waals surface area contributed by atoms with E-state index in [-0.39, 0.29) is 27.8 Å². The van der Waals surface area contributed by atoms with Gasteiger partial charge >= 0.3 is 0 Å². The van der Waals surface area contributed by atoms with Crippen LogP contribution in [0.1, 0.15) is 36.1 Å². The second-order valence-electron chi connectivity index (χ2n) is 1.38. The van der Waals surface area contributed by atoms with Gasteiger partial charge in [0.2, 0.25) is 0 Å². The van der Waals surface area contributed by atoms with Crippen molar-refractivity contribution in [1.29, 1.82) is 0 Å². The van der Waals surface area contributed by atoms with E-state index < -0.39 is 0 Å². The highest BCUT2D eigenvalue weighted by molar-refractivity contribution is 7.00. The first-order valence-corrected chi connectivity index (χ1v) is 3.38. The van der Waals surface area contributed by atoms with Gasteiger partial charge in [0.25, 0.3) is 0 Å². The van der Waals surface area contributed by atoms with E-state index in [2.05, 4.69) is 6.92 Å². The van der Waals surface area contributed by atoms with Gasteiger partial charge in [0.05, 0.1) is 12.7 Å². The van der Waals surface area contributed by atoms with E-state index in [9.17, 15) is 0 Å². The number of aldehydes is 1. The van der Waals surface area contributed by atoms with Crippen molar-refractivity contribution >= 4 is 15.4 Å². The number of hydrogen-bond acceptors (Lipinski definition) is 4. The number of carbonyl (C=O) groups is 1. The van der Waals surface area contributed by atoms with Crippen molar-refractivity contribution < 1.29 is 24.7 Å². The van der Waals surface area contributed by atoms with Gasteiger partial charge in [-0.15, -0.1) is 0 Å². The van der Waals surface area contributed by atoms with Gasteiger partial charge in [-0.25, -0.2) is 0 Å². The second-order valence-corrected chi connectivity index (χ2v) is 1.38. The smallest absolute Gasteiger partial charge is 0.138 e. The summed E-state index contributed by atoms with van der Waals surface area (Å²) in [5.74, 6) is 0. The van der Waals surface area contributed by atoms with Gasteiger partial charge in [0, 0.05) is 7.11 Å². The maximum atomic E-state index is 8.81. The lowest BCUT2D eigenvalue weighted by Crippen LogP contribution is -1.60. The van der Waals surface area contributed by atoms with Crippen LogP contribution in [0.25, 0.3) is 0 Å². The predicted molar refractivity (Wildman–Crippen MR) is 68.1 cm³/mol. The average molecular weight is 248 g/mol. The molecule has 0 aliphatic carbocycles. The summed E-state index contributed by atoms with van der Waals surface area (Å²) in [5, 5.41) is 7.00. The number of ether oxygens (including phenoxy) is 1. The Labute approximate surface area is 96.8 Å². The van der Waals surface area contributed by atoms with Crippen LogP contribution in [0.3, 0.4) is 0 Å². The molecule has 0 amide bonds. The van der Waals surface area contributed by atoms with Crippen LogP contribution in [0.5, 0.6) is 0 Å². The van der Waals surface area contributed by atoms with Crippen LogP contribution >= 0.6 is 9.12 Å². The maximum absolute atomic E-state index is 8.81. The third-order valence-electron chi connectivity index (χ3n) is 0.500. The number of aliphatic hydroxyl groups excluding tert-OH is 1. The van der Waals surface area contributed by atoms with Crippen LogP contribution in [0, 0.1) is 0 Å². The van der Waals surface area contributed by atoms with E-state index in [0.717, 1.165) is 20.0 Å². The highest BCUT2D eigenvalue weighted by Crippen LogP contribution is 2.04. The minimum absolute atomic E-state index is 0. The molecule has 15 heavy (non-hydrogen) atoms. The molecule has 0 aromatic rings. The van der Waals surface area contributed by atoms with Crippen molar-refractivity contribution in [2.24, 2.45) is 0 Å². The molecular weight excluding hydrogens is 219 g/mol. The Balaban J connectivity index is -0.0000000109. The third kappa shape index (κ3) is 264. The van der Waals surface area contributed by atoms with Crippen molar-refractivity contribution in [1.82, 2.24) is 0 Å². The summed E-state index contributed by atoms with van der Waals surface area (Å²) >= 11 is 0. The van der Waals surface area contributed by atoms with E-state index in [4.69, 9.17) is 19.2 Å². The third-order valence-corrected chi connectivity index (χ3v) is 0.500. The number of epoxide rings is 1. The van der Waals surface area contributed by atoms with Gasteiger partial charge in [-0.2, -0.15) is 0 Å². The Kier molecular flexibility index (Phi) is 213. The van der Waals surface area contributed by atoms with Gasteiger partial charge in [0.1, 0.15) is 15.4 Å². The van der Waals surface area contributed by atoms with Crippen molar-refractivity contribution in [2.45, 2.75) is 42.2 Å². The van der Waals surface area contributed by atoms with Crippen LogP contribution in [0.2, 0.25) is 0 Å². The number of carbonyl (C=O) groups excluding carboxylic acids is 1.